The van der Waals surface area contributed by atoms with Crippen molar-refractivity contribution in [3.63, 3.8) is 0 Å². The number of hydrogen-bond acceptors (Lipinski definition) is 1. The number of carbonyl (C=O) groups is 1. The number of rotatable bonds is 4. The lowest BCUT2D eigenvalue weighted by Crippen LogP contribution is -2.31. The van der Waals surface area contributed by atoms with Gasteiger partial charge in [0, 0.05) is 27.1 Å². The normalized spacial score (nSPS) is 16.1. The van der Waals surface area contributed by atoms with Gasteiger partial charge in [-0.15, -0.1) is 0 Å². The van der Waals surface area contributed by atoms with Gasteiger partial charge in [0.2, 0.25) is 0 Å². The first kappa shape index (κ1) is 20.8. The number of benzene rings is 4. The first-order chi connectivity index (χ1) is 16.6. The number of halogens is 1. The van der Waals surface area contributed by atoms with Crippen LogP contribution in [-0.2, 0) is 0 Å². The highest BCUT2D eigenvalue weighted by molar-refractivity contribution is 6.30. The number of fused-ring (bicyclic) bond motifs is 2. The average Bonchev–Trinajstić information content (AvgIpc) is 3.40. The third kappa shape index (κ3) is 3.24. The van der Waals surface area contributed by atoms with Crippen LogP contribution in [0.25, 0.3) is 22.2 Å². The van der Waals surface area contributed by atoms with Crippen LogP contribution in [-0.4, -0.2) is 15.8 Å². The van der Waals surface area contributed by atoms with Gasteiger partial charge in [0.15, 0.2) is 0 Å². The van der Waals surface area contributed by atoms with E-state index >= 15 is 0 Å². The Morgan fingerprint density at radius 2 is 1.50 bits per heavy atom. The molecule has 0 bridgehead atoms. The summed E-state index contributed by atoms with van der Waals surface area (Å²) in [6.45, 7) is 2.11. The van der Waals surface area contributed by atoms with Crippen molar-refractivity contribution in [1.29, 1.82) is 0 Å². The Kier molecular flexibility index (Phi) is 5.00. The van der Waals surface area contributed by atoms with Crippen LogP contribution in [0.4, 0.5) is 0 Å². The molecule has 0 fully saturated rings. The number of nitrogens with one attached hydrogen (secondary N) is 1. The summed E-state index contributed by atoms with van der Waals surface area (Å²) in [5.41, 5.74) is 7.13. The van der Waals surface area contributed by atoms with E-state index in [1.807, 2.05) is 71.6 Å². The molecule has 0 radical (unpaired) electrons. The van der Waals surface area contributed by atoms with E-state index in [1.165, 1.54) is 0 Å². The quantitative estimate of drug-likeness (QED) is 0.290. The molecule has 0 saturated carbocycles. The largest absolute Gasteiger partial charge is 0.354 e. The highest BCUT2D eigenvalue weighted by atomic mass is 35.5. The van der Waals surface area contributed by atoms with Gasteiger partial charge < -0.3 is 9.88 Å². The number of H-pyrrole nitrogens is 1. The predicted molar refractivity (Wildman–Crippen MR) is 138 cm³/mol. The van der Waals surface area contributed by atoms with Crippen molar-refractivity contribution in [2.75, 3.05) is 0 Å². The number of nitrogens with zero attached hydrogens (tertiary/aromatic N) is 1. The van der Waals surface area contributed by atoms with Crippen molar-refractivity contribution in [2.45, 2.75) is 19.0 Å². The predicted octanol–water partition coefficient (Wildman–Crippen LogP) is 7.79. The molecule has 0 unspecified atom stereocenters. The molecule has 34 heavy (non-hydrogen) atoms. The molecule has 2 heterocycles. The number of para-hydroxylation sites is 1. The van der Waals surface area contributed by atoms with E-state index in [9.17, 15) is 4.79 Å². The van der Waals surface area contributed by atoms with Gasteiger partial charge in [0.25, 0.3) is 5.91 Å². The second kappa shape index (κ2) is 8.19. The number of hydrogen-bond donors (Lipinski definition) is 1. The van der Waals surface area contributed by atoms with Crippen LogP contribution in [0.2, 0.25) is 5.02 Å². The maximum Gasteiger partial charge on any atom is 0.255 e. The second-order valence-corrected chi connectivity index (χ2v) is 9.19. The molecular weight excluding hydrogens is 440 g/mol. The van der Waals surface area contributed by atoms with Gasteiger partial charge in [0.1, 0.15) is 0 Å². The molecule has 1 N–H and O–H groups in total. The monoisotopic (exact) mass is 462 g/mol. The molecule has 6 rings (SSSR count). The van der Waals surface area contributed by atoms with Crippen molar-refractivity contribution < 1.29 is 4.79 Å². The van der Waals surface area contributed by atoms with Crippen molar-refractivity contribution in [3.8, 4) is 11.3 Å². The van der Waals surface area contributed by atoms with Crippen molar-refractivity contribution in [3.05, 3.63) is 130 Å². The maximum absolute atomic E-state index is 13.8. The molecule has 4 heteroatoms. The van der Waals surface area contributed by atoms with Crippen molar-refractivity contribution in [2.24, 2.45) is 0 Å². The summed E-state index contributed by atoms with van der Waals surface area (Å²) >= 11 is 6.20. The fourth-order valence-electron chi connectivity index (χ4n) is 5.21. The Balaban J connectivity index is 1.62. The Morgan fingerprint density at radius 1 is 0.824 bits per heavy atom. The average molecular weight is 463 g/mol. The summed E-state index contributed by atoms with van der Waals surface area (Å²) in [6, 6.07) is 34.1. The SMILES string of the molecule is C[C@H](c1ccccc1)N1C(=O)c2ccccc2[C@@H]1c1c(-c2ccc(Cl)cc2)[nH]c2ccccc12. The fourth-order valence-corrected chi connectivity index (χ4v) is 5.34. The van der Waals surface area contributed by atoms with Gasteiger partial charge in [-0.25, -0.2) is 0 Å². The zero-order chi connectivity index (χ0) is 23.2. The second-order valence-electron chi connectivity index (χ2n) is 8.76. The molecule has 5 aromatic rings. The smallest absolute Gasteiger partial charge is 0.255 e. The van der Waals surface area contributed by atoms with Gasteiger partial charge in [0.05, 0.1) is 17.8 Å². The molecule has 1 aromatic heterocycles. The van der Waals surface area contributed by atoms with Crippen LogP contribution in [0, 0.1) is 0 Å². The minimum absolute atomic E-state index is 0.0595. The van der Waals surface area contributed by atoms with Gasteiger partial charge >= 0.3 is 0 Å². The highest BCUT2D eigenvalue weighted by Crippen LogP contribution is 2.48. The number of aromatic amines is 1. The molecule has 0 saturated heterocycles. The Bertz CT molecular complexity index is 1500. The summed E-state index contributed by atoms with van der Waals surface area (Å²) in [7, 11) is 0. The Hall–Kier alpha value is -3.82. The van der Waals surface area contributed by atoms with Gasteiger partial charge in [-0.2, -0.15) is 0 Å². The summed E-state index contributed by atoms with van der Waals surface area (Å²) in [4.78, 5) is 19.5. The first-order valence-corrected chi connectivity index (χ1v) is 11.8. The summed E-state index contributed by atoms with van der Waals surface area (Å²) in [6.07, 6.45) is 0. The number of aromatic nitrogens is 1. The lowest BCUT2D eigenvalue weighted by atomic mass is 9.92. The van der Waals surface area contributed by atoms with Crippen LogP contribution in [0.1, 0.15) is 46.1 Å². The van der Waals surface area contributed by atoms with E-state index < -0.39 is 0 Å². The summed E-state index contributed by atoms with van der Waals surface area (Å²) in [5, 5.41) is 1.81. The van der Waals surface area contributed by atoms with Crippen molar-refractivity contribution >= 4 is 28.4 Å². The van der Waals surface area contributed by atoms with E-state index in [1.54, 1.807) is 0 Å². The minimum Gasteiger partial charge on any atom is -0.354 e. The zero-order valence-corrected chi connectivity index (χ0v) is 19.5. The Labute approximate surface area is 203 Å². The van der Waals surface area contributed by atoms with Crippen molar-refractivity contribution in [1.82, 2.24) is 9.88 Å². The van der Waals surface area contributed by atoms with E-state index in [4.69, 9.17) is 11.6 Å². The molecule has 1 aliphatic heterocycles. The van der Waals surface area contributed by atoms with E-state index in [2.05, 4.69) is 48.3 Å². The van der Waals surface area contributed by atoms with E-state index in [0.29, 0.717) is 5.02 Å². The van der Waals surface area contributed by atoms with Crippen LogP contribution < -0.4 is 0 Å². The lowest BCUT2D eigenvalue weighted by Gasteiger charge is -2.32. The molecular formula is C30H23ClN2O. The number of amides is 1. The molecule has 0 aliphatic carbocycles. The molecule has 4 aromatic carbocycles. The highest BCUT2D eigenvalue weighted by Gasteiger charge is 2.42. The third-order valence-electron chi connectivity index (χ3n) is 6.85. The minimum atomic E-state index is -0.222. The summed E-state index contributed by atoms with van der Waals surface area (Å²) < 4.78 is 0. The topological polar surface area (TPSA) is 36.1 Å². The van der Waals surface area contributed by atoms with E-state index in [0.717, 1.165) is 44.4 Å². The number of carbonyl (C=O) groups excluding carboxylic acids is 1. The standard InChI is InChI=1S/C30H23ClN2O/c1-19(20-9-3-2-4-10-20)33-29(23-11-5-6-12-24(23)30(33)34)27-25-13-7-8-14-26(25)32-28(27)21-15-17-22(31)18-16-21/h2-19,29,32H,1H3/t19-,29-/m1/s1. The molecule has 2 atom stereocenters. The molecule has 166 valence electrons. The van der Waals surface area contributed by atoms with E-state index in [-0.39, 0.29) is 18.0 Å². The van der Waals surface area contributed by atoms with Crippen LogP contribution in [0.15, 0.2) is 103 Å². The third-order valence-corrected chi connectivity index (χ3v) is 7.10. The van der Waals surface area contributed by atoms with Crippen LogP contribution in [0.3, 0.4) is 0 Å². The zero-order valence-electron chi connectivity index (χ0n) is 18.7. The molecule has 0 spiro atoms. The Morgan fingerprint density at radius 3 is 2.29 bits per heavy atom. The molecule has 3 nitrogen and oxygen atoms in total. The molecule has 1 aliphatic rings. The fraction of sp³-hybridized carbons (Fsp3) is 0.100. The lowest BCUT2D eigenvalue weighted by molar-refractivity contribution is 0.0678. The summed E-state index contributed by atoms with van der Waals surface area (Å²) in [5.74, 6) is 0.0595. The van der Waals surface area contributed by atoms with Gasteiger partial charge in [-0.3, -0.25) is 4.79 Å². The van der Waals surface area contributed by atoms with Crippen LogP contribution >= 0.6 is 11.6 Å². The maximum atomic E-state index is 13.8. The van der Waals surface area contributed by atoms with Gasteiger partial charge in [-0.1, -0.05) is 90.5 Å². The van der Waals surface area contributed by atoms with Gasteiger partial charge in [-0.05, 0) is 47.9 Å². The first-order valence-electron chi connectivity index (χ1n) is 11.5. The molecule has 1 amide bonds. The van der Waals surface area contributed by atoms with Crippen LogP contribution in [0.5, 0.6) is 0 Å².